The molecule has 3 atom stereocenters. The third kappa shape index (κ3) is 2.06. The van der Waals surface area contributed by atoms with Crippen molar-refractivity contribution in [3.05, 3.63) is 0 Å². The smallest absolute Gasteiger partial charge is 0.306 e. The molecule has 94 valence electrons. The van der Waals surface area contributed by atoms with Gasteiger partial charge in [0, 0.05) is 6.54 Å². The van der Waals surface area contributed by atoms with Crippen LogP contribution in [0.3, 0.4) is 0 Å². The van der Waals surface area contributed by atoms with E-state index >= 15 is 0 Å². The van der Waals surface area contributed by atoms with Gasteiger partial charge in [-0.3, -0.25) is 19.3 Å². The first-order valence-electron chi connectivity index (χ1n) is 6.10. The van der Waals surface area contributed by atoms with Crippen LogP contribution in [0.25, 0.3) is 0 Å². The highest BCUT2D eigenvalue weighted by Crippen LogP contribution is 2.39. The number of imide groups is 1. The van der Waals surface area contributed by atoms with E-state index < -0.39 is 11.9 Å². The van der Waals surface area contributed by atoms with Crippen molar-refractivity contribution in [2.24, 2.45) is 17.8 Å². The van der Waals surface area contributed by atoms with Gasteiger partial charge in [-0.1, -0.05) is 13.3 Å². The topological polar surface area (TPSA) is 74.7 Å². The molecule has 0 radical (unpaired) electrons. The zero-order valence-electron chi connectivity index (χ0n) is 9.89. The van der Waals surface area contributed by atoms with Gasteiger partial charge in [0.15, 0.2) is 0 Å². The highest BCUT2D eigenvalue weighted by atomic mass is 16.4. The second kappa shape index (κ2) is 4.47. The third-order valence-electron chi connectivity index (χ3n) is 3.89. The van der Waals surface area contributed by atoms with Crippen LogP contribution in [0.2, 0.25) is 0 Å². The highest BCUT2D eigenvalue weighted by molar-refractivity contribution is 6.05. The fourth-order valence-electron chi connectivity index (χ4n) is 2.73. The third-order valence-corrected chi connectivity index (χ3v) is 3.89. The highest BCUT2D eigenvalue weighted by Gasteiger charge is 2.49. The Morgan fingerprint density at radius 2 is 1.88 bits per heavy atom. The number of fused-ring (bicyclic) bond motifs is 1. The number of carbonyl (C=O) groups is 3. The lowest BCUT2D eigenvalue weighted by Gasteiger charge is -2.16. The largest absolute Gasteiger partial charge is 0.481 e. The van der Waals surface area contributed by atoms with Gasteiger partial charge in [0.1, 0.15) is 0 Å². The average Bonchev–Trinajstić information content (AvgIpc) is 2.83. The maximum atomic E-state index is 11.9. The molecule has 2 amide bonds. The number of carboxylic acid groups (broad SMARTS) is 1. The summed E-state index contributed by atoms with van der Waals surface area (Å²) in [6.07, 6.45) is 2.90. The number of likely N-dealkylation sites (tertiary alicyclic amines) is 1. The molecule has 0 aromatic heterocycles. The average molecular weight is 239 g/mol. The molecule has 1 aliphatic carbocycles. The maximum absolute atomic E-state index is 11.9. The van der Waals surface area contributed by atoms with Gasteiger partial charge < -0.3 is 5.11 Å². The van der Waals surface area contributed by atoms with Crippen LogP contribution in [0.5, 0.6) is 0 Å². The van der Waals surface area contributed by atoms with E-state index in [0.717, 1.165) is 19.3 Å². The van der Waals surface area contributed by atoms with E-state index in [2.05, 4.69) is 0 Å². The first-order valence-corrected chi connectivity index (χ1v) is 6.10. The van der Waals surface area contributed by atoms with Gasteiger partial charge in [0.05, 0.1) is 17.8 Å². The van der Waals surface area contributed by atoms with Crippen LogP contribution in [0.4, 0.5) is 0 Å². The summed E-state index contributed by atoms with van der Waals surface area (Å²) in [6.45, 7) is 1.84. The molecule has 17 heavy (non-hydrogen) atoms. The quantitative estimate of drug-likeness (QED) is 0.739. The minimum absolute atomic E-state index is 0.0879. The summed E-state index contributed by atoms with van der Waals surface area (Å²) in [5.74, 6) is -1.82. The summed E-state index contributed by atoms with van der Waals surface area (Å²) in [7, 11) is 0. The molecule has 1 N–H and O–H groups in total. The summed E-state index contributed by atoms with van der Waals surface area (Å²) in [4.78, 5) is 35.8. The summed E-state index contributed by atoms with van der Waals surface area (Å²) < 4.78 is 0. The molecule has 3 unspecified atom stereocenters. The van der Waals surface area contributed by atoms with E-state index in [0.29, 0.717) is 6.42 Å². The minimum Gasteiger partial charge on any atom is -0.481 e. The van der Waals surface area contributed by atoms with Crippen molar-refractivity contribution in [2.75, 3.05) is 6.54 Å². The van der Waals surface area contributed by atoms with Gasteiger partial charge in [-0.25, -0.2) is 0 Å². The molecule has 0 spiro atoms. The Hall–Kier alpha value is -1.39. The number of carbonyl (C=O) groups excluding carboxylic acids is 2. The molecular formula is C12H17NO4. The number of carboxylic acids is 1. The minimum atomic E-state index is -0.885. The van der Waals surface area contributed by atoms with Crippen molar-refractivity contribution in [3.8, 4) is 0 Å². The molecule has 2 rings (SSSR count). The van der Waals surface area contributed by atoms with Crippen molar-refractivity contribution >= 4 is 17.8 Å². The molecule has 5 nitrogen and oxygen atoms in total. The van der Waals surface area contributed by atoms with E-state index in [-0.39, 0.29) is 30.2 Å². The SMILES string of the molecule is CC(CCN1C(=O)C2CCCC2C1=O)C(=O)O. The lowest BCUT2D eigenvalue weighted by atomic mass is 10.00. The molecule has 1 heterocycles. The first kappa shape index (κ1) is 12.1. The van der Waals surface area contributed by atoms with Crippen LogP contribution < -0.4 is 0 Å². The van der Waals surface area contributed by atoms with Crippen LogP contribution in [0.1, 0.15) is 32.6 Å². The van der Waals surface area contributed by atoms with E-state index in [1.807, 2.05) is 0 Å². The molecule has 1 saturated carbocycles. The molecular weight excluding hydrogens is 222 g/mol. The fraction of sp³-hybridized carbons (Fsp3) is 0.750. The number of rotatable bonds is 4. The predicted octanol–water partition coefficient (Wildman–Crippen LogP) is 0.882. The van der Waals surface area contributed by atoms with Gasteiger partial charge in [0.25, 0.3) is 0 Å². The Bertz CT molecular complexity index is 344. The zero-order chi connectivity index (χ0) is 12.6. The molecule has 0 bridgehead atoms. The standard InChI is InChI=1S/C12H17NO4/c1-7(12(16)17)5-6-13-10(14)8-3-2-4-9(8)11(13)15/h7-9H,2-6H2,1H3,(H,16,17). The number of aliphatic carboxylic acids is 1. The zero-order valence-corrected chi connectivity index (χ0v) is 9.89. The van der Waals surface area contributed by atoms with Crippen LogP contribution in [-0.2, 0) is 14.4 Å². The maximum Gasteiger partial charge on any atom is 0.306 e. The van der Waals surface area contributed by atoms with Crippen molar-refractivity contribution in [3.63, 3.8) is 0 Å². The van der Waals surface area contributed by atoms with Gasteiger partial charge in [0.2, 0.25) is 11.8 Å². The monoisotopic (exact) mass is 239 g/mol. The van der Waals surface area contributed by atoms with E-state index in [1.165, 1.54) is 4.90 Å². The summed E-state index contributed by atoms with van der Waals surface area (Å²) in [5, 5.41) is 8.76. The summed E-state index contributed by atoms with van der Waals surface area (Å²) in [5.41, 5.74) is 0. The van der Waals surface area contributed by atoms with Crippen molar-refractivity contribution in [1.29, 1.82) is 0 Å². The second-order valence-corrected chi connectivity index (χ2v) is 5.00. The second-order valence-electron chi connectivity index (χ2n) is 5.00. The van der Waals surface area contributed by atoms with Crippen LogP contribution in [-0.4, -0.2) is 34.3 Å². The Morgan fingerprint density at radius 3 is 2.35 bits per heavy atom. The van der Waals surface area contributed by atoms with Crippen molar-refractivity contribution in [2.45, 2.75) is 32.6 Å². The number of hydrogen-bond donors (Lipinski definition) is 1. The van der Waals surface area contributed by atoms with E-state index in [9.17, 15) is 14.4 Å². The van der Waals surface area contributed by atoms with Crippen LogP contribution >= 0.6 is 0 Å². The van der Waals surface area contributed by atoms with Gasteiger partial charge >= 0.3 is 5.97 Å². The molecule has 0 aromatic rings. The van der Waals surface area contributed by atoms with Crippen molar-refractivity contribution < 1.29 is 19.5 Å². The molecule has 2 aliphatic rings. The Morgan fingerprint density at radius 1 is 1.35 bits per heavy atom. The number of amides is 2. The van der Waals surface area contributed by atoms with Crippen LogP contribution in [0, 0.1) is 17.8 Å². The number of hydrogen-bond acceptors (Lipinski definition) is 3. The fourth-order valence-corrected chi connectivity index (χ4v) is 2.73. The van der Waals surface area contributed by atoms with Gasteiger partial charge in [-0.2, -0.15) is 0 Å². The summed E-state index contributed by atoms with van der Waals surface area (Å²) in [6, 6.07) is 0. The molecule has 2 fully saturated rings. The molecule has 1 aliphatic heterocycles. The number of nitrogens with zero attached hydrogens (tertiary/aromatic N) is 1. The summed E-state index contributed by atoms with van der Waals surface area (Å²) >= 11 is 0. The lowest BCUT2D eigenvalue weighted by Crippen LogP contribution is -2.34. The Balaban J connectivity index is 1.96. The first-order chi connectivity index (χ1) is 8.02. The molecule has 0 aromatic carbocycles. The van der Waals surface area contributed by atoms with Gasteiger partial charge in [-0.05, 0) is 19.3 Å². The molecule has 1 saturated heterocycles. The van der Waals surface area contributed by atoms with E-state index in [4.69, 9.17) is 5.11 Å². The van der Waals surface area contributed by atoms with Crippen LogP contribution in [0.15, 0.2) is 0 Å². The Kier molecular flexibility index (Phi) is 3.17. The normalized spacial score (nSPS) is 29.6. The Labute approximate surface area is 99.8 Å². The van der Waals surface area contributed by atoms with E-state index in [1.54, 1.807) is 6.92 Å². The van der Waals surface area contributed by atoms with Gasteiger partial charge in [-0.15, -0.1) is 0 Å². The lowest BCUT2D eigenvalue weighted by molar-refractivity contribution is -0.144. The molecule has 5 heteroatoms. The van der Waals surface area contributed by atoms with Crippen molar-refractivity contribution in [1.82, 2.24) is 4.90 Å². The predicted molar refractivity (Wildman–Crippen MR) is 59.0 cm³/mol.